The first-order valence-electron chi connectivity index (χ1n) is 10.2. The lowest BCUT2D eigenvalue weighted by Gasteiger charge is -2.25. The van der Waals surface area contributed by atoms with Gasteiger partial charge in [0.05, 0.1) is 15.9 Å². The number of benzene rings is 1. The summed E-state index contributed by atoms with van der Waals surface area (Å²) in [5, 5.41) is 6.38. The van der Waals surface area contributed by atoms with E-state index >= 15 is 0 Å². The number of rotatable bonds is 2. The van der Waals surface area contributed by atoms with Crippen LogP contribution in [-0.2, 0) is 14.1 Å². The van der Waals surface area contributed by atoms with Crippen molar-refractivity contribution in [2.24, 2.45) is 19.8 Å². The number of aromatic nitrogens is 5. The summed E-state index contributed by atoms with van der Waals surface area (Å²) in [5.74, 6) is 0.690. The highest BCUT2D eigenvalue weighted by Gasteiger charge is 2.46. The number of anilines is 1. The van der Waals surface area contributed by atoms with Gasteiger partial charge in [-0.25, -0.2) is 0 Å². The van der Waals surface area contributed by atoms with Gasteiger partial charge in [-0.1, -0.05) is 17.7 Å². The molecule has 2 bridgehead atoms. The molecular formula is C21H22ClN7O. The molecule has 3 atom stereocenters. The van der Waals surface area contributed by atoms with Gasteiger partial charge in [-0.15, -0.1) is 0 Å². The molecule has 0 spiro atoms. The monoisotopic (exact) mass is 423 g/mol. The number of aryl methyl sites for hydroxylation is 1. The van der Waals surface area contributed by atoms with Gasteiger partial charge >= 0.3 is 0 Å². The molecular weight excluding hydrogens is 402 g/mol. The van der Waals surface area contributed by atoms with Gasteiger partial charge in [-0.05, 0) is 25.3 Å². The highest BCUT2D eigenvalue weighted by molar-refractivity contribution is 6.38. The van der Waals surface area contributed by atoms with E-state index in [0.717, 1.165) is 41.3 Å². The van der Waals surface area contributed by atoms with Gasteiger partial charge < -0.3 is 15.6 Å². The predicted molar refractivity (Wildman–Crippen MR) is 118 cm³/mol. The minimum Gasteiger partial charge on any atom is -0.345 e. The third-order valence-corrected chi connectivity index (χ3v) is 7.14. The molecule has 2 aliphatic heterocycles. The third-order valence-electron chi connectivity index (χ3n) is 6.73. The fourth-order valence-electron chi connectivity index (χ4n) is 5.33. The fourth-order valence-corrected chi connectivity index (χ4v) is 5.64. The molecule has 9 heteroatoms. The number of nitrogens with two attached hydrogens (primary N) is 1. The lowest BCUT2D eigenvalue weighted by Crippen LogP contribution is -2.40. The summed E-state index contributed by atoms with van der Waals surface area (Å²) in [5.41, 5.74) is 9.15. The van der Waals surface area contributed by atoms with E-state index in [9.17, 15) is 4.79 Å². The van der Waals surface area contributed by atoms with Gasteiger partial charge in [0.2, 0.25) is 5.95 Å². The number of halogens is 1. The molecule has 154 valence electrons. The van der Waals surface area contributed by atoms with E-state index in [0.29, 0.717) is 28.0 Å². The Balaban J connectivity index is 1.55. The van der Waals surface area contributed by atoms with Crippen LogP contribution in [0.25, 0.3) is 33.1 Å². The van der Waals surface area contributed by atoms with Crippen molar-refractivity contribution in [1.82, 2.24) is 24.3 Å². The second kappa shape index (κ2) is 6.09. The highest BCUT2D eigenvalue weighted by atomic mass is 35.5. The largest absolute Gasteiger partial charge is 0.345 e. The summed E-state index contributed by atoms with van der Waals surface area (Å²) < 4.78 is 3.39. The second-order valence-corrected chi connectivity index (χ2v) is 8.85. The van der Waals surface area contributed by atoms with Gasteiger partial charge in [-0.2, -0.15) is 10.1 Å². The quantitative estimate of drug-likeness (QED) is 0.516. The molecule has 0 saturated carbocycles. The maximum atomic E-state index is 13.4. The molecule has 6 rings (SSSR count). The zero-order valence-corrected chi connectivity index (χ0v) is 17.5. The number of hydrogen-bond acceptors (Lipinski definition) is 5. The van der Waals surface area contributed by atoms with Crippen molar-refractivity contribution < 1.29 is 0 Å². The number of hydrogen-bond donors (Lipinski definition) is 2. The number of nitrogens with one attached hydrogen (secondary N) is 1. The minimum absolute atomic E-state index is 0.0894. The number of aromatic amines is 1. The summed E-state index contributed by atoms with van der Waals surface area (Å²) in [6.45, 7) is 0. The van der Waals surface area contributed by atoms with E-state index in [1.165, 1.54) is 0 Å². The summed E-state index contributed by atoms with van der Waals surface area (Å²) >= 11 is 6.72. The summed E-state index contributed by atoms with van der Waals surface area (Å²) in [6, 6.07) is 4.58. The van der Waals surface area contributed by atoms with Crippen LogP contribution in [-0.4, -0.2) is 42.4 Å². The van der Waals surface area contributed by atoms with Crippen molar-refractivity contribution in [3.05, 3.63) is 39.9 Å². The van der Waals surface area contributed by atoms with Crippen LogP contribution >= 0.6 is 11.6 Å². The molecule has 2 aliphatic rings. The molecule has 0 amide bonds. The van der Waals surface area contributed by atoms with Gasteiger partial charge in [-0.3, -0.25) is 14.0 Å². The van der Waals surface area contributed by atoms with E-state index in [1.807, 2.05) is 31.6 Å². The second-order valence-electron chi connectivity index (χ2n) is 8.47. The Morgan fingerprint density at radius 3 is 2.80 bits per heavy atom. The molecule has 1 aromatic carbocycles. The Bertz CT molecular complexity index is 1380. The fraction of sp³-hybridized carbons (Fsp3) is 0.381. The minimum atomic E-state index is -0.0894. The van der Waals surface area contributed by atoms with E-state index in [4.69, 9.17) is 22.3 Å². The topological polar surface area (TPSA) is 97.8 Å². The summed E-state index contributed by atoms with van der Waals surface area (Å²) in [4.78, 5) is 23.7. The van der Waals surface area contributed by atoms with Crippen molar-refractivity contribution in [2.75, 3.05) is 4.90 Å². The lowest BCUT2D eigenvalue weighted by atomic mass is 9.97. The smallest absolute Gasteiger partial charge is 0.264 e. The Kier molecular flexibility index (Phi) is 3.65. The van der Waals surface area contributed by atoms with Crippen LogP contribution in [0.5, 0.6) is 0 Å². The normalized spacial score (nSPS) is 23.3. The van der Waals surface area contributed by atoms with Crippen molar-refractivity contribution in [3.63, 3.8) is 0 Å². The zero-order valence-electron chi connectivity index (χ0n) is 16.8. The van der Waals surface area contributed by atoms with E-state index in [1.54, 1.807) is 16.3 Å². The summed E-state index contributed by atoms with van der Waals surface area (Å²) in [7, 11) is 3.65. The standard InChI is InChI=1S/C21H22ClN7O/c1-27-9-13-15(26-27)5-4-11(18(13)22)12-8-24-19-17(12)20(30)28(2)21(25-19)29-10-3-6-16(29)14(23)7-10/h4-5,8-10,14,16,24H,3,6-7,23H2,1-2H3/t10-,14-,16+/m0/s1. The molecule has 5 heterocycles. The van der Waals surface area contributed by atoms with Crippen LogP contribution in [0.4, 0.5) is 5.95 Å². The Hall–Kier alpha value is -2.84. The average Bonchev–Trinajstić information content (AvgIpc) is 3.46. The molecule has 30 heavy (non-hydrogen) atoms. The molecule has 2 fully saturated rings. The molecule has 4 aromatic rings. The van der Waals surface area contributed by atoms with Crippen LogP contribution in [0, 0.1) is 0 Å². The molecule has 0 radical (unpaired) electrons. The Morgan fingerprint density at radius 2 is 2.07 bits per heavy atom. The SMILES string of the molecule is Cn1cc2c(Cl)c(-c3c[nH]c4nc(N5[C@H]6CC[C@@H]5[C@@H](N)C6)n(C)c(=O)c34)ccc2n1. The predicted octanol–water partition coefficient (Wildman–Crippen LogP) is 2.54. The van der Waals surface area contributed by atoms with Crippen LogP contribution in [0.1, 0.15) is 19.3 Å². The maximum Gasteiger partial charge on any atom is 0.264 e. The van der Waals surface area contributed by atoms with E-state index in [-0.39, 0.29) is 17.6 Å². The molecule has 3 N–H and O–H groups in total. The third kappa shape index (κ3) is 2.29. The first kappa shape index (κ1) is 18.0. The first-order chi connectivity index (χ1) is 14.4. The summed E-state index contributed by atoms with van der Waals surface area (Å²) in [6.07, 6.45) is 6.81. The molecule has 0 aliphatic carbocycles. The van der Waals surface area contributed by atoms with Crippen molar-refractivity contribution >= 4 is 39.5 Å². The van der Waals surface area contributed by atoms with E-state index in [2.05, 4.69) is 15.0 Å². The number of H-pyrrole nitrogens is 1. The Morgan fingerprint density at radius 1 is 1.23 bits per heavy atom. The highest BCUT2D eigenvalue weighted by Crippen LogP contribution is 2.40. The Labute approximate surface area is 177 Å². The van der Waals surface area contributed by atoms with Crippen molar-refractivity contribution in [2.45, 2.75) is 37.4 Å². The maximum absolute atomic E-state index is 13.4. The average molecular weight is 424 g/mol. The number of nitrogens with zero attached hydrogens (tertiary/aromatic N) is 5. The number of fused-ring (bicyclic) bond motifs is 4. The first-order valence-corrected chi connectivity index (χ1v) is 10.6. The molecule has 0 unspecified atom stereocenters. The van der Waals surface area contributed by atoms with Crippen LogP contribution in [0.3, 0.4) is 0 Å². The van der Waals surface area contributed by atoms with Gasteiger partial charge in [0, 0.05) is 61.1 Å². The van der Waals surface area contributed by atoms with Gasteiger partial charge in [0.15, 0.2) is 0 Å². The zero-order chi connectivity index (χ0) is 20.7. The lowest BCUT2D eigenvalue weighted by molar-refractivity contribution is 0.503. The molecule has 3 aromatic heterocycles. The molecule has 2 saturated heterocycles. The van der Waals surface area contributed by atoms with Crippen molar-refractivity contribution in [1.29, 1.82) is 0 Å². The van der Waals surface area contributed by atoms with E-state index < -0.39 is 0 Å². The van der Waals surface area contributed by atoms with Gasteiger partial charge in [0.1, 0.15) is 5.65 Å². The van der Waals surface area contributed by atoms with Crippen LogP contribution < -0.4 is 16.2 Å². The van der Waals surface area contributed by atoms with Crippen LogP contribution in [0.2, 0.25) is 5.02 Å². The van der Waals surface area contributed by atoms with Crippen molar-refractivity contribution in [3.8, 4) is 11.1 Å². The molecule has 8 nitrogen and oxygen atoms in total. The van der Waals surface area contributed by atoms with Gasteiger partial charge in [0.25, 0.3) is 5.56 Å². The van der Waals surface area contributed by atoms with Crippen LogP contribution in [0.15, 0.2) is 29.3 Å².